The molecule has 1 unspecified atom stereocenters. The van der Waals surface area contributed by atoms with Crippen LogP contribution >= 0.6 is 11.3 Å². The van der Waals surface area contributed by atoms with Crippen molar-refractivity contribution in [2.24, 2.45) is 11.1 Å². The maximum atomic E-state index is 5.91. The molecule has 1 aromatic heterocycles. The molecule has 3 nitrogen and oxygen atoms in total. The molecule has 0 saturated carbocycles. The van der Waals surface area contributed by atoms with Crippen LogP contribution in [0.25, 0.3) is 0 Å². The third-order valence-corrected chi connectivity index (χ3v) is 4.18. The Balaban J connectivity index is 2.53. The van der Waals surface area contributed by atoms with Crippen molar-refractivity contribution in [3.05, 3.63) is 16.1 Å². The Morgan fingerprint density at radius 1 is 1.53 bits per heavy atom. The van der Waals surface area contributed by atoms with Crippen LogP contribution in [0.3, 0.4) is 0 Å². The van der Waals surface area contributed by atoms with E-state index in [1.165, 1.54) is 17.7 Å². The number of aryl methyl sites for hydroxylation is 1. The van der Waals surface area contributed by atoms with Crippen molar-refractivity contribution in [3.8, 4) is 0 Å². The number of rotatable bonds is 7. The predicted octanol–water partition coefficient (Wildman–Crippen LogP) is 2.65. The van der Waals surface area contributed by atoms with Gasteiger partial charge in [0.2, 0.25) is 0 Å². The largest absolute Gasteiger partial charge is 0.330 e. The first kappa shape index (κ1) is 14.6. The van der Waals surface area contributed by atoms with Crippen LogP contribution in [0.1, 0.15) is 37.3 Å². The summed E-state index contributed by atoms with van der Waals surface area (Å²) >= 11 is 1.74. The molecule has 17 heavy (non-hydrogen) atoms. The molecule has 0 radical (unpaired) electrons. The summed E-state index contributed by atoms with van der Waals surface area (Å²) in [6.45, 7) is 9.37. The van der Waals surface area contributed by atoms with Gasteiger partial charge in [0.15, 0.2) is 0 Å². The van der Waals surface area contributed by atoms with Crippen molar-refractivity contribution >= 4 is 11.3 Å². The second kappa shape index (κ2) is 6.47. The van der Waals surface area contributed by atoms with Gasteiger partial charge in [0.25, 0.3) is 0 Å². The molecule has 1 atom stereocenters. The quantitative estimate of drug-likeness (QED) is 0.814. The van der Waals surface area contributed by atoms with E-state index in [9.17, 15) is 0 Å². The lowest BCUT2D eigenvalue weighted by molar-refractivity contribution is 0.180. The van der Waals surface area contributed by atoms with Crippen molar-refractivity contribution in [2.75, 3.05) is 20.1 Å². The molecule has 0 saturated heterocycles. The minimum absolute atomic E-state index is 0.238. The fourth-order valence-electron chi connectivity index (χ4n) is 2.28. The molecular formula is C13H25N3S. The molecule has 1 rings (SSSR count). The van der Waals surface area contributed by atoms with E-state index in [1.807, 2.05) is 5.51 Å². The average Bonchev–Trinajstić information content (AvgIpc) is 2.64. The lowest BCUT2D eigenvalue weighted by Crippen LogP contribution is -2.38. The van der Waals surface area contributed by atoms with Crippen LogP contribution in [0.2, 0.25) is 0 Å². The van der Waals surface area contributed by atoms with Crippen LogP contribution in [0.5, 0.6) is 0 Å². The van der Waals surface area contributed by atoms with Gasteiger partial charge < -0.3 is 10.6 Å². The SMILES string of the molecule is CCCC(C)(CN)CN(C)Cc1scnc1C. The van der Waals surface area contributed by atoms with Gasteiger partial charge in [0, 0.05) is 18.0 Å². The monoisotopic (exact) mass is 255 g/mol. The number of nitrogens with zero attached hydrogens (tertiary/aromatic N) is 2. The summed E-state index contributed by atoms with van der Waals surface area (Å²) < 4.78 is 0. The van der Waals surface area contributed by atoms with Crippen molar-refractivity contribution in [2.45, 2.75) is 40.2 Å². The van der Waals surface area contributed by atoms with Gasteiger partial charge in [-0.15, -0.1) is 11.3 Å². The fourth-order valence-corrected chi connectivity index (χ4v) is 3.14. The molecule has 0 aromatic carbocycles. The van der Waals surface area contributed by atoms with Gasteiger partial charge in [-0.2, -0.15) is 0 Å². The second-order valence-electron chi connectivity index (χ2n) is 5.30. The van der Waals surface area contributed by atoms with E-state index in [4.69, 9.17) is 5.73 Å². The zero-order valence-electron chi connectivity index (χ0n) is 11.5. The average molecular weight is 255 g/mol. The molecule has 0 aliphatic rings. The standard InChI is InChI=1S/C13H25N3S/c1-5-6-13(3,8-14)9-16(4)7-12-11(2)15-10-17-12/h10H,5-9,14H2,1-4H3. The number of hydrogen-bond acceptors (Lipinski definition) is 4. The molecule has 0 fully saturated rings. The predicted molar refractivity (Wildman–Crippen MR) is 75.3 cm³/mol. The molecule has 0 aliphatic carbocycles. The Labute approximate surface area is 109 Å². The van der Waals surface area contributed by atoms with Crippen LogP contribution in [0.15, 0.2) is 5.51 Å². The zero-order chi connectivity index (χ0) is 12.9. The minimum Gasteiger partial charge on any atom is -0.330 e. The number of nitrogens with two attached hydrogens (primary N) is 1. The maximum Gasteiger partial charge on any atom is 0.0798 e. The van der Waals surface area contributed by atoms with Gasteiger partial charge >= 0.3 is 0 Å². The van der Waals surface area contributed by atoms with Crippen molar-refractivity contribution in [1.82, 2.24) is 9.88 Å². The lowest BCUT2D eigenvalue weighted by Gasteiger charge is -2.32. The maximum absolute atomic E-state index is 5.91. The summed E-state index contributed by atoms with van der Waals surface area (Å²) in [7, 11) is 2.17. The highest BCUT2D eigenvalue weighted by Crippen LogP contribution is 2.24. The lowest BCUT2D eigenvalue weighted by atomic mass is 9.85. The summed E-state index contributed by atoms with van der Waals surface area (Å²) in [4.78, 5) is 8.02. The van der Waals surface area contributed by atoms with E-state index in [1.54, 1.807) is 11.3 Å². The first-order chi connectivity index (χ1) is 8.00. The first-order valence-corrected chi connectivity index (χ1v) is 7.16. The molecule has 0 amide bonds. The van der Waals surface area contributed by atoms with Crippen LogP contribution in [-0.4, -0.2) is 30.0 Å². The topological polar surface area (TPSA) is 42.1 Å². The molecule has 1 heterocycles. The van der Waals surface area contributed by atoms with E-state index in [0.29, 0.717) is 0 Å². The van der Waals surface area contributed by atoms with Gasteiger partial charge in [-0.3, -0.25) is 0 Å². The third-order valence-electron chi connectivity index (χ3n) is 3.26. The Hall–Kier alpha value is -0.450. The van der Waals surface area contributed by atoms with Crippen LogP contribution in [-0.2, 0) is 6.54 Å². The summed E-state index contributed by atoms with van der Waals surface area (Å²) in [5.74, 6) is 0. The Kier molecular flexibility index (Phi) is 5.56. The van der Waals surface area contributed by atoms with E-state index >= 15 is 0 Å². The van der Waals surface area contributed by atoms with Gasteiger partial charge in [-0.05, 0) is 32.4 Å². The highest BCUT2D eigenvalue weighted by atomic mass is 32.1. The number of thiazole rings is 1. The summed E-state index contributed by atoms with van der Waals surface area (Å²) in [6, 6.07) is 0. The summed E-state index contributed by atoms with van der Waals surface area (Å²) in [5, 5.41) is 0. The van der Waals surface area contributed by atoms with Gasteiger partial charge in [0.05, 0.1) is 11.2 Å². The molecule has 2 N–H and O–H groups in total. The molecular weight excluding hydrogens is 230 g/mol. The molecule has 98 valence electrons. The van der Waals surface area contributed by atoms with E-state index in [-0.39, 0.29) is 5.41 Å². The highest BCUT2D eigenvalue weighted by molar-refractivity contribution is 7.09. The second-order valence-corrected chi connectivity index (χ2v) is 6.24. The van der Waals surface area contributed by atoms with Crippen LogP contribution < -0.4 is 5.73 Å². The Bertz CT molecular complexity index is 337. The Morgan fingerprint density at radius 2 is 2.24 bits per heavy atom. The Morgan fingerprint density at radius 3 is 2.71 bits per heavy atom. The normalized spacial score (nSPS) is 15.2. The van der Waals surface area contributed by atoms with Gasteiger partial charge in [0.1, 0.15) is 0 Å². The van der Waals surface area contributed by atoms with Gasteiger partial charge in [-0.1, -0.05) is 20.3 Å². The number of hydrogen-bond donors (Lipinski definition) is 1. The van der Waals surface area contributed by atoms with Crippen molar-refractivity contribution in [3.63, 3.8) is 0 Å². The van der Waals surface area contributed by atoms with E-state index < -0.39 is 0 Å². The smallest absolute Gasteiger partial charge is 0.0798 e. The number of aromatic nitrogens is 1. The molecule has 0 aliphatic heterocycles. The molecule has 0 bridgehead atoms. The summed E-state index contributed by atoms with van der Waals surface area (Å²) in [5.41, 5.74) is 9.23. The minimum atomic E-state index is 0.238. The van der Waals surface area contributed by atoms with Crippen molar-refractivity contribution < 1.29 is 0 Å². The van der Waals surface area contributed by atoms with E-state index in [0.717, 1.165) is 25.3 Å². The fraction of sp³-hybridized carbons (Fsp3) is 0.769. The van der Waals surface area contributed by atoms with Crippen LogP contribution in [0.4, 0.5) is 0 Å². The van der Waals surface area contributed by atoms with Crippen LogP contribution in [0, 0.1) is 12.3 Å². The van der Waals surface area contributed by atoms with E-state index in [2.05, 4.69) is 37.7 Å². The first-order valence-electron chi connectivity index (χ1n) is 6.28. The molecule has 0 spiro atoms. The molecule has 4 heteroatoms. The van der Waals surface area contributed by atoms with Gasteiger partial charge in [-0.25, -0.2) is 4.98 Å². The zero-order valence-corrected chi connectivity index (χ0v) is 12.3. The highest BCUT2D eigenvalue weighted by Gasteiger charge is 2.23. The van der Waals surface area contributed by atoms with Crippen molar-refractivity contribution in [1.29, 1.82) is 0 Å². The molecule has 1 aromatic rings. The summed E-state index contributed by atoms with van der Waals surface area (Å²) in [6.07, 6.45) is 2.39. The third kappa shape index (κ3) is 4.37.